The van der Waals surface area contributed by atoms with Gasteiger partial charge in [-0.05, 0) is 49.2 Å². The highest BCUT2D eigenvalue weighted by Crippen LogP contribution is 2.21. The zero-order valence-corrected chi connectivity index (χ0v) is 13.2. The number of aliphatic hydroxyl groups excluding tert-OH is 1. The fourth-order valence-electron chi connectivity index (χ4n) is 2.38. The van der Waals surface area contributed by atoms with E-state index in [-0.39, 0.29) is 11.3 Å². The van der Waals surface area contributed by atoms with Crippen molar-refractivity contribution in [2.75, 3.05) is 6.54 Å². The van der Waals surface area contributed by atoms with Gasteiger partial charge in [-0.2, -0.15) is 0 Å². The van der Waals surface area contributed by atoms with Gasteiger partial charge in [0, 0.05) is 12.1 Å². The van der Waals surface area contributed by atoms with Crippen LogP contribution in [0.15, 0.2) is 22.6 Å². The van der Waals surface area contributed by atoms with E-state index in [0.717, 1.165) is 5.52 Å². The van der Waals surface area contributed by atoms with Crippen LogP contribution in [0.2, 0.25) is 0 Å². The zero-order valence-electron chi connectivity index (χ0n) is 12.4. The van der Waals surface area contributed by atoms with Crippen molar-refractivity contribution in [2.24, 2.45) is 5.41 Å². The molecule has 5 nitrogen and oxygen atoms in total. The quantitative estimate of drug-likeness (QED) is 0.742. The molecule has 6 heteroatoms. The molecular formula is C15H20N2O3S. The van der Waals surface area contributed by atoms with Crippen LogP contribution in [0, 0.1) is 10.3 Å². The number of H-pyrrole nitrogens is 1. The van der Waals surface area contributed by atoms with E-state index < -0.39 is 6.10 Å². The van der Waals surface area contributed by atoms with Gasteiger partial charge in [0.05, 0.1) is 11.6 Å². The summed E-state index contributed by atoms with van der Waals surface area (Å²) in [5.74, 6) is -0.169. The summed E-state index contributed by atoms with van der Waals surface area (Å²) in [4.78, 5) is 15.4. The second kappa shape index (κ2) is 5.99. The maximum atomic E-state index is 12.2. The van der Waals surface area contributed by atoms with Crippen LogP contribution in [0.3, 0.4) is 0 Å². The second-order valence-electron chi connectivity index (χ2n) is 6.13. The molecule has 0 saturated heterocycles. The summed E-state index contributed by atoms with van der Waals surface area (Å²) in [6, 6.07) is 5.16. The normalized spacial score (nSPS) is 13.3. The summed E-state index contributed by atoms with van der Waals surface area (Å²) in [5, 5.41) is 12.3. The first-order valence-corrected chi connectivity index (χ1v) is 7.27. The average molecular weight is 308 g/mol. The molecular weight excluding hydrogens is 288 g/mol. The van der Waals surface area contributed by atoms with Crippen LogP contribution in [0.1, 0.15) is 37.6 Å². The van der Waals surface area contributed by atoms with Gasteiger partial charge in [-0.3, -0.25) is 4.79 Å². The van der Waals surface area contributed by atoms with Gasteiger partial charge in [-0.1, -0.05) is 13.8 Å². The predicted octanol–water partition coefficient (Wildman–Crippen LogP) is 3.02. The monoisotopic (exact) mass is 308 g/mol. The summed E-state index contributed by atoms with van der Waals surface area (Å²) in [6.45, 7) is 6.25. The first kappa shape index (κ1) is 15.7. The highest BCUT2D eigenvalue weighted by Gasteiger charge is 2.21. The maximum Gasteiger partial charge on any atom is 0.266 e. The SMILES string of the molecule is C[C@@H](O)CC(C)(C)CNC(=O)c1ccc2[nH]c(=S)oc2c1. The van der Waals surface area contributed by atoms with E-state index in [1.807, 2.05) is 13.8 Å². The summed E-state index contributed by atoms with van der Waals surface area (Å²) < 4.78 is 5.30. The van der Waals surface area contributed by atoms with E-state index >= 15 is 0 Å². The number of aromatic amines is 1. The number of hydrogen-bond donors (Lipinski definition) is 3. The molecule has 1 aromatic heterocycles. The summed E-state index contributed by atoms with van der Waals surface area (Å²) in [6.07, 6.45) is 0.232. The van der Waals surface area contributed by atoms with Gasteiger partial charge in [0.25, 0.3) is 10.7 Å². The number of nitrogens with one attached hydrogen (secondary N) is 2. The largest absolute Gasteiger partial charge is 0.429 e. The third-order valence-corrected chi connectivity index (χ3v) is 3.44. The maximum absolute atomic E-state index is 12.2. The number of benzene rings is 1. The van der Waals surface area contributed by atoms with Gasteiger partial charge in [-0.25, -0.2) is 0 Å². The number of rotatable bonds is 5. The van der Waals surface area contributed by atoms with Gasteiger partial charge >= 0.3 is 0 Å². The number of carbonyl (C=O) groups is 1. The molecule has 0 aliphatic carbocycles. The van der Waals surface area contributed by atoms with Gasteiger partial charge in [0.15, 0.2) is 5.58 Å². The van der Waals surface area contributed by atoms with Crippen molar-refractivity contribution in [1.82, 2.24) is 10.3 Å². The Kier molecular flexibility index (Phi) is 4.49. The Hall–Kier alpha value is -1.66. The van der Waals surface area contributed by atoms with Crippen molar-refractivity contribution in [1.29, 1.82) is 0 Å². The van der Waals surface area contributed by atoms with E-state index in [1.165, 1.54) is 0 Å². The van der Waals surface area contributed by atoms with Crippen LogP contribution in [-0.2, 0) is 0 Å². The Morgan fingerprint density at radius 2 is 2.24 bits per heavy atom. The zero-order chi connectivity index (χ0) is 15.6. The molecule has 0 aliphatic rings. The fourth-order valence-corrected chi connectivity index (χ4v) is 2.58. The number of hydrogen-bond acceptors (Lipinski definition) is 4. The minimum Gasteiger partial charge on any atom is -0.429 e. The standard InChI is InChI=1S/C15H20N2O3S/c1-9(18)7-15(2,3)8-16-13(19)10-4-5-11-12(6-10)20-14(21)17-11/h4-6,9,18H,7-8H2,1-3H3,(H,16,19)(H,17,21)/t9-/m1/s1. The molecule has 0 fully saturated rings. The summed E-state index contributed by atoms with van der Waals surface area (Å²) >= 11 is 4.92. The van der Waals surface area contributed by atoms with E-state index in [1.54, 1.807) is 25.1 Å². The number of fused-ring (bicyclic) bond motifs is 1. The summed E-state index contributed by atoms with van der Waals surface area (Å²) in [7, 11) is 0. The van der Waals surface area contributed by atoms with Gasteiger partial charge in [0.1, 0.15) is 0 Å². The van der Waals surface area contributed by atoms with E-state index in [2.05, 4.69) is 10.3 Å². The lowest BCUT2D eigenvalue weighted by Gasteiger charge is -2.26. The fraction of sp³-hybridized carbons (Fsp3) is 0.467. The molecule has 0 spiro atoms. The molecule has 1 amide bonds. The molecule has 21 heavy (non-hydrogen) atoms. The van der Waals surface area contributed by atoms with Crippen LogP contribution < -0.4 is 5.32 Å². The Labute approximate surface area is 128 Å². The van der Waals surface area contributed by atoms with Crippen LogP contribution in [0.5, 0.6) is 0 Å². The molecule has 1 heterocycles. The number of aromatic nitrogens is 1. The topological polar surface area (TPSA) is 78.3 Å². The van der Waals surface area contributed by atoms with Crippen LogP contribution in [0.25, 0.3) is 11.1 Å². The van der Waals surface area contributed by atoms with Crippen molar-refractivity contribution in [3.63, 3.8) is 0 Å². The molecule has 2 rings (SSSR count). The Bertz CT molecular complexity index is 700. The first-order chi connectivity index (χ1) is 9.77. The summed E-state index contributed by atoms with van der Waals surface area (Å²) in [5.41, 5.74) is 1.69. The number of carbonyl (C=O) groups excluding carboxylic acids is 1. The van der Waals surface area contributed by atoms with Crippen LogP contribution >= 0.6 is 12.2 Å². The van der Waals surface area contributed by atoms with E-state index in [0.29, 0.717) is 28.9 Å². The van der Waals surface area contributed by atoms with Crippen molar-refractivity contribution in [2.45, 2.75) is 33.3 Å². The smallest absolute Gasteiger partial charge is 0.266 e. The van der Waals surface area contributed by atoms with E-state index in [9.17, 15) is 9.90 Å². The van der Waals surface area contributed by atoms with Crippen LogP contribution in [0.4, 0.5) is 0 Å². The van der Waals surface area contributed by atoms with Crippen molar-refractivity contribution >= 4 is 29.2 Å². The molecule has 1 atom stereocenters. The lowest BCUT2D eigenvalue weighted by molar-refractivity contribution is 0.0902. The van der Waals surface area contributed by atoms with Gasteiger partial charge in [0.2, 0.25) is 0 Å². The highest BCUT2D eigenvalue weighted by molar-refractivity contribution is 7.71. The molecule has 0 unspecified atom stereocenters. The average Bonchev–Trinajstić information content (AvgIpc) is 2.73. The minimum absolute atomic E-state index is 0.166. The van der Waals surface area contributed by atoms with Gasteiger partial charge < -0.3 is 19.8 Å². The molecule has 0 aliphatic heterocycles. The van der Waals surface area contributed by atoms with Crippen molar-refractivity contribution in [3.05, 3.63) is 28.6 Å². The van der Waals surface area contributed by atoms with Gasteiger partial charge in [-0.15, -0.1) is 0 Å². The molecule has 2 aromatic rings. The Balaban J connectivity index is 2.06. The van der Waals surface area contributed by atoms with Crippen LogP contribution in [-0.4, -0.2) is 28.6 Å². The highest BCUT2D eigenvalue weighted by atomic mass is 32.1. The Morgan fingerprint density at radius 3 is 2.90 bits per heavy atom. The lowest BCUT2D eigenvalue weighted by Crippen LogP contribution is -2.35. The number of aliphatic hydroxyl groups is 1. The molecule has 114 valence electrons. The molecule has 1 aromatic carbocycles. The minimum atomic E-state index is -0.391. The number of oxazole rings is 1. The Morgan fingerprint density at radius 1 is 1.52 bits per heavy atom. The van der Waals surface area contributed by atoms with Crippen molar-refractivity contribution in [3.8, 4) is 0 Å². The third-order valence-electron chi connectivity index (χ3n) is 3.26. The first-order valence-electron chi connectivity index (χ1n) is 6.86. The second-order valence-corrected chi connectivity index (χ2v) is 6.50. The van der Waals surface area contributed by atoms with Crippen molar-refractivity contribution < 1.29 is 14.3 Å². The third kappa shape index (κ3) is 4.15. The lowest BCUT2D eigenvalue weighted by atomic mass is 9.87. The molecule has 0 radical (unpaired) electrons. The molecule has 3 N–H and O–H groups in total. The predicted molar refractivity (Wildman–Crippen MR) is 83.8 cm³/mol. The number of amides is 1. The van der Waals surface area contributed by atoms with E-state index in [4.69, 9.17) is 16.6 Å². The molecule has 0 saturated carbocycles. The molecule has 0 bridgehead atoms.